The van der Waals surface area contributed by atoms with E-state index in [2.05, 4.69) is 5.32 Å². The predicted molar refractivity (Wildman–Crippen MR) is 75.4 cm³/mol. The molecule has 0 aromatic rings. The molecule has 1 nitrogen and oxygen atoms in total. The lowest BCUT2D eigenvalue weighted by molar-refractivity contribution is -0.0405. The molecule has 102 valence electrons. The Morgan fingerprint density at radius 1 is 0.833 bits per heavy atom. The fraction of sp³-hybridized carbons (Fsp3) is 1.00. The molecule has 0 aromatic carbocycles. The summed E-state index contributed by atoms with van der Waals surface area (Å²) in [5.41, 5.74) is 0. The van der Waals surface area contributed by atoms with E-state index in [1.54, 1.807) is 38.5 Å². The minimum Gasteiger partial charge on any atom is -0.314 e. The molecule has 4 aliphatic carbocycles. The molecule has 0 spiro atoms. The van der Waals surface area contributed by atoms with Gasteiger partial charge in [-0.15, -0.1) is 0 Å². The molecule has 0 aromatic heterocycles. The van der Waals surface area contributed by atoms with Crippen LogP contribution in [-0.4, -0.2) is 12.6 Å². The second kappa shape index (κ2) is 4.81. The van der Waals surface area contributed by atoms with E-state index >= 15 is 0 Å². The number of nitrogens with one attached hydrogen (secondary N) is 1. The van der Waals surface area contributed by atoms with Crippen LogP contribution in [0.2, 0.25) is 0 Å². The third kappa shape index (κ3) is 2.13. The third-order valence-corrected chi connectivity index (χ3v) is 6.67. The van der Waals surface area contributed by atoms with E-state index in [1.165, 1.54) is 32.2 Å². The minimum atomic E-state index is 0.877. The molecule has 1 aliphatic heterocycles. The number of hydrogen-bond donors (Lipinski definition) is 1. The summed E-state index contributed by atoms with van der Waals surface area (Å²) in [5.74, 6) is 5.75. The topological polar surface area (TPSA) is 12.0 Å². The van der Waals surface area contributed by atoms with Crippen LogP contribution >= 0.6 is 0 Å². The molecule has 18 heavy (non-hydrogen) atoms. The fourth-order valence-corrected chi connectivity index (χ4v) is 6.11. The number of hydrogen-bond acceptors (Lipinski definition) is 1. The van der Waals surface area contributed by atoms with Crippen LogP contribution in [0.1, 0.15) is 64.2 Å². The van der Waals surface area contributed by atoms with Gasteiger partial charge in [-0.25, -0.2) is 0 Å². The average Bonchev–Trinajstić information content (AvgIpc) is 2.85. The van der Waals surface area contributed by atoms with Crippen molar-refractivity contribution in [2.24, 2.45) is 29.6 Å². The lowest BCUT2D eigenvalue weighted by Crippen LogP contribution is -2.45. The van der Waals surface area contributed by atoms with Crippen molar-refractivity contribution in [2.75, 3.05) is 6.54 Å². The van der Waals surface area contributed by atoms with Gasteiger partial charge in [0.2, 0.25) is 0 Å². The standard InChI is InChI=1S/C17H29N/c1(3-16-4-2-6-18-16)5-17-14-8-12-7-13(10-14)11-15(17)9-12/h12-18H,1-11H2. The first-order valence-electron chi connectivity index (χ1n) is 8.62. The van der Waals surface area contributed by atoms with Gasteiger partial charge >= 0.3 is 0 Å². The highest BCUT2D eigenvalue weighted by atomic mass is 14.9. The summed E-state index contributed by atoms with van der Waals surface area (Å²) < 4.78 is 0. The molecule has 1 N–H and O–H groups in total. The monoisotopic (exact) mass is 247 g/mol. The van der Waals surface area contributed by atoms with E-state index in [1.807, 2.05) is 0 Å². The zero-order valence-corrected chi connectivity index (χ0v) is 11.7. The van der Waals surface area contributed by atoms with Gasteiger partial charge in [0, 0.05) is 6.04 Å². The van der Waals surface area contributed by atoms with Gasteiger partial charge in [0.05, 0.1) is 0 Å². The van der Waals surface area contributed by atoms with Gasteiger partial charge in [0.25, 0.3) is 0 Å². The van der Waals surface area contributed by atoms with Gasteiger partial charge in [0.15, 0.2) is 0 Å². The second-order valence-electron chi connectivity index (χ2n) is 7.82. The van der Waals surface area contributed by atoms with Crippen LogP contribution in [0.4, 0.5) is 0 Å². The summed E-state index contributed by atoms with van der Waals surface area (Å²) in [7, 11) is 0. The Balaban J connectivity index is 1.29. The average molecular weight is 247 g/mol. The molecular formula is C17H29N. The summed E-state index contributed by atoms with van der Waals surface area (Å²) in [6.45, 7) is 1.28. The molecule has 4 bridgehead atoms. The Hall–Kier alpha value is -0.0400. The Morgan fingerprint density at radius 3 is 2.17 bits per heavy atom. The Labute approximate surface area is 112 Å². The zero-order valence-electron chi connectivity index (χ0n) is 11.7. The highest BCUT2D eigenvalue weighted by Crippen LogP contribution is 2.57. The third-order valence-electron chi connectivity index (χ3n) is 6.67. The molecule has 1 heteroatoms. The van der Waals surface area contributed by atoms with Crippen molar-refractivity contribution in [3.05, 3.63) is 0 Å². The Bertz CT molecular complexity index is 264. The van der Waals surface area contributed by atoms with Crippen LogP contribution in [0, 0.1) is 29.6 Å². The van der Waals surface area contributed by atoms with Crippen LogP contribution in [0.15, 0.2) is 0 Å². The van der Waals surface area contributed by atoms with Gasteiger partial charge < -0.3 is 5.32 Å². The summed E-state index contributed by atoms with van der Waals surface area (Å²) in [6, 6.07) is 0.877. The maximum atomic E-state index is 3.66. The van der Waals surface area contributed by atoms with Crippen LogP contribution in [-0.2, 0) is 0 Å². The summed E-state index contributed by atoms with van der Waals surface area (Å²) >= 11 is 0. The maximum Gasteiger partial charge on any atom is 0.00675 e. The predicted octanol–water partition coefficient (Wildman–Crippen LogP) is 3.98. The maximum absolute atomic E-state index is 3.66. The van der Waals surface area contributed by atoms with Crippen molar-refractivity contribution in [1.29, 1.82) is 0 Å². The minimum absolute atomic E-state index is 0.877. The van der Waals surface area contributed by atoms with Gasteiger partial charge in [-0.3, -0.25) is 0 Å². The van der Waals surface area contributed by atoms with Crippen LogP contribution < -0.4 is 5.32 Å². The van der Waals surface area contributed by atoms with Crippen molar-refractivity contribution < 1.29 is 0 Å². The van der Waals surface area contributed by atoms with E-state index in [4.69, 9.17) is 0 Å². The van der Waals surface area contributed by atoms with E-state index in [0.29, 0.717) is 0 Å². The van der Waals surface area contributed by atoms with Gasteiger partial charge in [-0.2, -0.15) is 0 Å². The van der Waals surface area contributed by atoms with Crippen molar-refractivity contribution in [1.82, 2.24) is 5.32 Å². The van der Waals surface area contributed by atoms with E-state index in [0.717, 1.165) is 35.6 Å². The molecule has 5 aliphatic rings. The first kappa shape index (κ1) is 11.8. The molecule has 0 radical (unpaired) electrons. The molecule has 0 amide bonds. The first-order chi connectivity index (χ1) is 8.88. The molecule has 5 fully saturated rings. The van der Waals surface area contributed by atoms with Gasteiger partial charge in [0.1, 0.15) is 0 Å². The first-order valence-corrected chi connectivity index (χ1v) is 8.62. The Morgan fingerprint density at radius 2 is 1.56 bits per heavy atom. The number of rotatable bonds is 4. The fourth-order valence-electron chi connectivity index (χ4n) is 6.11. The lowest BCUT2D eigenvalue weighted by atomic mass is 9.51. The smallest absolute Gasteiger partial charge is 0.00675 e. The van der Waals surface area contributed by atoms with Gasteiger partial charge in [-0.05, 0) is 93.9 Å². The highest BCUT2D eigenvalue weighted by molar-refractivity contribution is 4.97. The molecule has 1 saturated heterocycles. The molecule has 1 heterocycles. The van der Waals surface area contributed by atoms with E-state index < -0.39 is 0 Å². The molecule has 5 rings (SSSR count). The van der Waals surface area contributed by atoms with Crippen molar-refractivity contribution in [3.63, 3.8) is 0 Å². The summed E-state index contributed by atoms with van der Waals surface area (Å²) in [6.07, 6.45) is 15.4. The molecule has 1 atom stereocenters. The van der Waals surface area contributed by atoms with E-state index in [-0.39, 0.29) is 0 Å². The van der Waals surface area contributed by atoms with Crippen LogP contribution in [0.5, 0.6) is 0 Å². The molecule has 1 unspecified atom stereocenters. The van der Waals surface area contributed by atoms with Crippen molar-refractivity contribution in [3.8, 4) is 0 Å². The normalized spacial score (nSPS) is 50.0. The largest absolute Gasteiger partial charge is 0.314 e. The SMILES string of the molecule is C1CNC(CCCC2C3CC4CC(C3)CC2C4)C1. The second-order valence-corrected chi connectivity index (χ2v) is 7.82. The van der Waals surface area contributed by atoms with E-state index in [9.17, 15) is 0 Å². The summed E-state index contributed by atoms with van der Waals surface area (Å²) in [5, 5.41) is 3.66. The highest BCUT2D eigenvalue weighted by Gasteiger charge is 2.47. The van der Waals surface area contributed by atoms with Crippen molar-refractivity contribution >= 4 is 0 Å². The zero-order chi connectivity index (χ0) is 11.9. The lowest BCUT2D eigenvalue weighted by Gasteiger charge is -2.54. The molecular weight excluding hydrogens is 218 g/mol. The Kier molecular flexibility index (Phi) is 3.14. The van der Waals surface area contributed by atoms with Gasteiger partial charge in [-0.1, -0.05) is 6.42 Å². The summed E-state index contributed by atoms with van der Waals surface area (Å²) in [4.78, 5) is 0. The van der Waals surface area contributed by atoms with Crippen LogP contribution in [0.3, 0.4) is 0 Å². The quantitative estimate of drug-likeness (QED) is 0.792. The van der Waals surface area contributed by atoms with Crippen LogP contribution in [0.25, 0.3) is 0 Å². The molecule has 4 saturated carbocycles. The van der Waals surface area contributed by atoms with Crippen molar-refractivity contribution in [2.45, 2.75) is 70.3 Å².